The van der Waals surface area contributed by atoms with E-state index in [1.807, 2.05) is 18.2 Å². The molecule has 1 aliphatic rings. The summed E-state index contributed by atoms with van der Waals surface area (Å²) in [4.78, 5) is 12.5. The van der Waals surface area contributed by atoms with Crippen molar-refractivity contribution in [1.29, 1.82) is 0 Å². The van der Waals surface area contributed by atoms with Crippen molar-refractivity contribution >= 4 is 5.78 Å². The number of aryl methyl sites for hydroxylation is 1. The summed E-state index contributed by atoms with van der Waals surface area (Å²) in [7, 11) is 0. The van der Waals surface area contributed by atoms with Crippen molar-refractivity contribution in [3.05, 3.63) is 70.8 Å². The fraction of sp³-hybridized carbons (Fsp3) is 0.316. The van der Waals surface area contributed by atoms with Crippen molar-refractivity contribution in [3.8, 4) is 0 Å². The van der Waals surface area contributed by atoms with Crippen LogP contribution in [-0.4, -0.2) is 12.3 Å². The van der Waals surface area contributed by atoms with Gasteiger partial charge in [0.1, 0.15) is 0 Å². The maximum Gasteiger partial charge on any atom is 0.163 e. The van der Waals surface area contributed by atoms with E-state index in [0.29, 0.717) is 12.2 Å². The minimum atomic E-state index is 0.296. The van der Waals surface area contributed by atoms with Gasteiger partial charge in [-0.1, -0.05) is 48.5 Å². The summed E-state index contributed by atoms with van der Waals surface area (Å²) in [5.41, 5.74) is 4.81. The second-order valence-corrected chi connectivity index (χ2v) is 5.63. The molecule has 1 heterocycles. The van der Waals surface area contributed by atoms with E-state index in [1.54, 1.807) is 0 Å². The molecular weight excluding hydrogens is 258 g/mol. The lowest BCUT2D eigenvalue weighted by molar-refractivity contribution is 0.0979. The fourth-order valence-corrected chi connectivity index (χ4v) is 3.03. The van der Waals surface area contributed by atoms with E-state index in [0.717, 1.165) is 37.9 Å². The molecule has 0 saturated heterocycles. The molecule has 3 rings (SSSR count). The molecule has 0 atom stereocenters. The molecule has 1 N–H and O–H groups in total. The fourth-order valence-electron chi connectivity index (χ4n) is 3.03. The molecule has 0 radical (unpaired) electrons. The number of benzene rings is 2. The summed E-state index contributed by atoms with van der Waals surface area (Å²) in [6.07, 6.45) is 3.50. The summed E-state index contributed by atoms with van der Waals surface area (Å²) in [6, 6.07) is 16.5. The van der Waals surface area contributed by atoms with Crippen LogP contribution in [0.5, 0.6) is 0 Å². The molecule has 0 saturated carbocycles. The number of hydrogen-bond donors (Lipinski definition) is 1. The third-order valence-corrected chi connectivity index (χ3v) is 4.15. The molecule has 21 heavy (non-hydrogen) atoms. The average molecular weight is 279 g/mol. The normalized spacial score (nSPS) is 13.7. The molecule has 0 fully saturated rings. The Bertz CT molecular complexity index is 619. The number of Topliss-reactive ketones (excluding diaryl/α,β-unsaturated/α-hetero) is 1. The summed E-state index contributed by atoms with van der Waals surface area (Å²) in [5, 5.41) is 3.36. The van der Waals surface area contributed by atoms with E-state index < -0.39 is 0 Å². The van der Waals surface area contributed by atoms with Crippen LogP contribution in [0.25, 0.3) is 0 Å². The first-order valence-electron chi connectivity index (χ1n) is 7.73. The van der Waals surface area contributed by atoms with Gasteiger partial charge in [-0.15, -0.1) is 0 Å². The summed E-state index contributed by atoms with van der Waals surface area (Å²) in [6.45, 7) is 1.86. The van der Waals surface area contributed by atoms with E-state index in [1.165, 1.54) is 16.7 Å². The zero-order chi connectivity index (χ0) is 14.5. The summed E-state index contributed by atoms with van der Waals surface area (Å²) >= 11 is 0. The van der Waals surface area contributed by atoms with Gasteiger partial charge in [-0.2, -0.15) is 0 Å². The Balaban J connectivity index is 1.63. The highest BCUT2D eigenvalue weighted by Gasteiger charge is 2.16. The van der Waals surface area contributed by atoms with Gasteiger partial charge in [0.25, 0.3) is 0 Å². The first-order chi connectivity index (χ1) is 10.3. The van der Waals surface area contributed by atoms with E-state index in [2.05, 4.69) is 35.6 Å². The molecule has 2 aromatic carbocycles. The lowest BCUT2D eigenvalue weighted by Gasteiger charge is -2.19. The molecular formula is C19H21NO. The van der Waals surface area contributed by atoms with E-state index in [4.69, 9.17) is 0 Å². The third kappa shape index (κ3) is 3.40. The van der Waals surface area contributed by atoms with Gasteiger partial charge in [-0.3, -0.25) is 4.79 Å². The molecule has 108 valence electrons. The average Bonchev–Trinajstić information content (AvgIpc) is 2.55. The SMILES string of the molecule is O=C(CCCc1ccccc1)c1cccc2c1CCNC2. The van der Waals surface area contributed by atoms with Crippen LogP contribution in [0.2, 0.25) is 0 Å². The van der Waals surface area contributed by atoms with Crippen molar-refractivity contribution in [2.45, 2.75) is 32.2 Å². The van der Waals surface area contributed by atoms with Crippen LogP contribution in [-0.2, 0) is 19.4 Å². The lowest BCUT2D eigenvalue weighted by Crippen LogP contribution is -2.25. The first-order valence-corrected chi connectivity index (χ1v) is 7.73. The molecule has 0 aromatic heterocycles. The van der Waals surface area contributed by atoms with Gasteiger partial charge in [0.15, 0.2) is 5.78 Å². The van der Waals surface area contributed by atoms with Crippen LogP contribution in [0, 0.1) is 0 Å². The maximum absolute atomic E-state index is 12.5. The molecule has 0 aliphatic carbocycles. The van der Waals surface area contributed by atoms with Crippen molar-refractivity contribution in [3.63, 3.8) is 0 Å². The van der Waals surface area contributed by atoms with E-state index in [-0.39, 0.29) is 0 Å². The zero-order valence-corrected chi connectivity index (χ0v) is 12.3. The summed E-state index contributed by atoms with van der Waals surface area (Å²) < 4.78 is 0. The minimum absolute atomic E-state index is 0.296. The Morgan fingerprint density at radius 3 is 2.76 bits per heavy atom. The highest BCUT2D eigenvalue weighted by Crippen LogP contribution is 2.20. The number of ketones is 1. The topological polar surface area (TPSA) is 29.1 Å². The van der Waals surface area contributed by atoms with E-state index >= 15 is 0 Å². The molecule has 0 amide bonds. The van der Waals surface area contributed by atoms with Crippen LogP contribution in [0.3, 0.4) is 0 Å². The van der Waals surface area contributed by atoms with Crippen LogP contribution < -0.4 is 5.32 Å². The number of hydrogen-bond acceptors (Lipinski definition) is 2. The van der Waals surface area contributed by atoms with Gasteiger partial charge >= 0.3 is 0 Å². The quantitative estimate of drug-likeness (QED) is 0.848. The molecule has 0 spiro atoms. The van der Waals surface area contributed by atoms with Gasteiger partial charge in [-0.25, -0.2) is 0 Å². The number of nitrogens with one attached hydrogen (secondary N) is 1. The number of rotatable bonds is 5. The molecule has 2 aromatic rings. The summed E-state index contributed by atoms with van der Waals surface area (Å²) in [5.74, 6) is 0.296. The van der Waals surface area contributed by atoms with Gasteiger partial charge in [-0.05, 0) is 42.5 Å². The van der Waals surface area contributed by atoms with Crippen LogP contribution in [0.15, 0.2) is 48.5 Å². The van der Waals surface area contributed by atoms with Crippen LogP contribution >= 0.6 is 0 Å². The minimum Gasteiger partial charge on any atom is -0.312 e. The molecule has 0 bridgehead atoms. The van der Waals surface area contributed by atoms with Gasteiger partial charge < -0.3 is 5.32 Å². The first kappa shape index (κ1) is 14.0. The third-order valence-electron chi connectivity index (χ3n) is 4.15. The second kappa shape index (κ2) is 6.68. The Kier molecular flexibility index (Phi) is 4.46. The Hall–Kier alpha value is -1.93. The van der Waals surface area contributed by atoms with E-state index in [9.17, 15) is 4.79 Å². The molecule has 1 aliphatic heterocycles. The van der Waals surface area contributed by atoms with Crippen molar-refractivity contribution in [2.24, 2.45) is 0 Å². The van der Waals surface area contributed by atoms with Crippen LogP contribution in [0.1, 0.15) is 39.9 Å². The van der Waals surface area contributed by atoms with Crippen molar-refractivity contribution < 1.29 is 4.79 Å². The van der Waals surface area contributed by atoms with Crippen molar-refractivity contribution in [2.75, 3.05) is 6.54 Å². The Morgan fingerprint density at radius 1 is 1.05 bits per heavy atom. The molecule has 2 nitrogen and oxygen atoms in total. The predicted molar refractivity (Wildman–Crippen MR) is 85.6 cm³/mol. The largest absolute Gasteiger partial charge is 0.312 e. The molecule has 2 heteroatoms. The monoisotopic (exact) mass is 279 g/mol. The standard InChI is InChI=1S/C19H21NO/c21-19(11-4-8-15-6-2-1-3-7-15)18-10-5-9-16-14-20-13-12-17(16)18/h1-3,5-7,9-10,20H,4,8,11-14H2. The van der Waals surface area contributed by atoms with Gasteiger partial charge in [0.2, 0.25) is 0 Å². The van der Waals surface area contributed by atoms with Gasteiger partial charge in [0, 0.05) is 18.5 Å². The maximum atomic E-state index is 12.5. The highest BCUT2D eigenvalue weighted by atomic mass is 16.1. The van der Waals surface area contributed by atoms with Gasteiger partial charge in [0.05, 0.1) is 0 Å². The molecule has 0 unspecified atom stereocenters. The zero-order valence-electron chi connectivity index (χ0n) is 12.3. The second-order valence-electron chi connectivity index (χ2n) is 5.63. The number of carbonyl (C=O) groups is 1. The van der Waals surface area contributed by atoms with Crippen LogP contribution in [0.4, 0.5) is 0 Å². The Labute approximate surface area is 126 Å². The van der Waals surface area contributed by atoms with Crippen molar-refractivity contribution in [1.82, 2.24) is 5.32 Å². The highest BCUT2D eigenvalue weighted by molar-refractivity contribution is 5.97. The lowest BCUT2D eigenvalue weighted by atomic mass is 9.91. The smallest absolute Gasteiger partial charge is 0.163 e. The Morgan fingerprint density at radius 2 is 1.90 bits per heavy atom. The number of fused-ring (bicyclic) bond motifs is 1. The number of carbonyl (C=O) groups excluding carboxylic acids is 1. The predicted octanol–water partition coefficient (Wildman–Crippen LogP) is 3.54.